The van der Waals surface area contributed by atoms with Crippen LogP contribution in [0.2, 0.25) is 0 Å². The molecule has 0 radical (unpaired) electrons. The van der Waals surface area contributed by atoms with Gasteiger partial charge in [-0.1, -0.05) is 13.3 Å². The summed E-state index contributed by atoms with van der Waals surface area (Å²) in [7, 11) is 0. The third-order valence-electron chi connectivity index (χ3n) is 3.34. The van der Waals surface area contributed by atoms with E-state index in [4.69, 9.17) is 0 Å². The van der Waals surface area contributed by atoms with Gasteiger partial charge in [-0.15, -0.1) is 11.8 Å². The highest BCUT2D eigenvalue weighted by Gasteiger charge is 2.44. The maximum Gasteiger partial charge on any atom is 0.146 e. The van der Waals surface area contributed by atoms with Crippen LogP contribution in [0.25, 0.3) is 0 Å². The molecular weight excluding hydrogens is 200 g/mol. The highest BCUT2D eigenvalue weighted by Crippen LogP contribution is 2.35. The second-order valence-corrected chi connectivity index (χ2v) is 4.64. The molecule has 1 fully saturated rings. The number of carbonyl (C=O) groups is 2. The van der Waals surface area contributed by atoms with Crippen molar-refractivity contribution < 1.29 is 9.59 Å². The molecule has 1 saturated carbocycles. The smallest absolute Gasteiger partial charge is 0.146 e. The highest BCUT2D eigenvalue weighted by atomic mass is 16.2. The summed E-state index contributed by atoms with van der Waals surface area (Å²) in [5.41, 5.74) is -0.723. The van der Waals surface area contributed by atoms with Crippen LogP contribution in [0, 0.1) is 17.3 Å². The van der Waals surface area contributed by atoms with Gasteiger partial charge in [0.2, 0.25) is 0 Å². The molecule has 0 unspecified atom stereocenters. The molecule has 0 atom stereocenters. The fraction of sp³-hybridized carbons (Fsp3) is 0.714. The first kappa shape index (κ1) is 13.0. The minimum atomic E-state index is -0.723. The van der Waals surface area contributed by atoms with E-state index in [1.54, 1.807) is 6.92 Å². The third-order valence-corrected chi connectivity index (χ3v) is 3.34. The van der Waals surface area contributed by atoms with Gasteiger partial charge in [0, 0.05) is 25.7 Å². The van der Waals surface area contributed by atoms with Gasteiger partial charge in [-0.3, -0.25) is 9.59 Å². The fourth-order valence-electron chi connectivity index (χ4n) is 1.97. The van der Waals surface area contributed by atoms with E-state index in [0.29, 0.717) is 25.7 Å². The fourth-order valence-corrected chi connectivity index (χ4v) is 1.97. The lowest BCUT2D eigenvalue weighted by atomic mass is 9.82. The van der Waals surface area contributed by atoms with E-state index in [0.717, 1.165) is 19.3 Å². The summed E-state index contributed by atoms with van der Waals surface area (Å²) in [4.78, 5) is 23.2. The van der Waals surface area contributed by atoms with Gasteiger partial charge in [-0.25, -0.2) is 0 Å². The van der Waals surface area contributed by atoms with Crippen molar-refractivity contribution in [2.45, 2.75) is 58.8 Å². The molecule has 0 aromatic heterocycles. The van der Waals surface area contributed by atoms with Crippen LogP contribution < -0.4 is 0 Å². The minimum absolute atomic E-state index is 0.104. The number of Topliss-reactive ketones (excluding diaryl/α,β-unsaturated/α-hetero) is 2. The van der Waals surface area contributed by atoms with Crippen molar-refractivity contribution in [2.24, 2.45) is 5.41 Å². The van der Waals surface area contributed by atoms with Crippen molar-refractivity contribution >= 4 is 11.6 Å². The zero-order valence-electron chi connectivity index (χ0n) is 10.3. The van der Waals surface area contributed by atoms with Crippen LogP contribution in [0.1, 0.15) is 58.8 Å². The maximum absolute atomic E-state index is 11.6. The van der Waals surface area contributed by atoms with Crippen LogP contribution >= 0.6 is 0 Å². The number of carbonyl (C=O) groups excluding carboxylic acids is 2. The van der Waals surface area contributed by atoms with E-state index < -0.39 is 5.41 Å². The van der Waals surface area contributed by atoms with Crippen molar-refractivity contribution in [1.29, 1.82) is 0 Å². The predicted octanol–water partition coefficient (Wildman–Crippen LogP) is 2.90. The first-order chi connectivity index (χ1) is 7.61. The number of hydrogen-bond acceptors (Lipinski definition) is 2. The minimum Gasteiger partial charge on any atom is -0.299 e. The van der Waals surface area contributed by atoms with Crippen LogP contribution in [-0.2, 0) is 9.59 Å². The molecular formula is C14H20O2. The van der Waals surface area contributed by atoms with Gasteiger partial charge in [0.15, 0.2) is 0 Å². The zero-order valence-corrected chi connectivity index (χ0v) is 10.3. The summed E-state index contributed by atoms with van der Waals surface area (Å²) in [5.74, 6) is 6.35. The first-order valence-electron chi connectivity index (χ1n) is 6.13. The average Bonchev–Trinajstić information content (AvgIpc) is 2.52. The van der Waals surface area contributed by atoms with E-state index in [2.05, 4.69) is 18.8 Å². The van der Waals surface area contributed by atoms with Gasteiger partial charge < -0.3 is 0 Å². The zero-order chi connectivity index (χ0) is 12.0. The molecule has 0 heterocycles. The molecule has 0 aliphatic heterocycles. The second-order valence-electron chi connectivity index (χ2n) is 4.64. The molecule has 2 nitrogen and oxygen atoms in total. The van der Waals surface area contributed by atoms with Crippen molar-refractivity contribution in [1.82, 2.24) is 0 Å². The first-order valence-corrected chi connectivity index (χ1v) is 6.13. The topological polar surface area (TPSA) is 34.1 Å². The molecule has 0 bridgehead atoms. The summed E-state index contributed by atoms with van der Waals surface area (Å²) >= 11 is 0. The normalized spacial score (nSPS) is 18.4. The van der Waals surface area contributed by atoms with Gasteiger partial charge in [0.25, 0.3) is 0 Å². The monoisotopic (exact) mass is 220 g/mol. The molecule has 0 amide bonds. The molecule has 0 spiro atoms. The van der Waals surface area contributed by atoms with Crippen LogP contribution in [0.15, 0.2) is 0 Å². The Morgan fingerprint density at radius 1 is 1.12 bits per heavy atom. The Morgan fingerprint density at radius 3 is 2.25 bits per heavy atom. The SMILES string of the molecule is CCCCC#CCCC1(C)C(=O)CCC1=O. The number of ketones is 2. The van der Waals surface area contributed by atoms with Crippen molar-refractivity contribution in [2.75, 3.05) is 0 Å². The summed E-state index contributed by atoms with van der Waals surface area (Å²) in [6.07, 6.45) is 5.33. The lowest BCUT2D eigenvalue weighted by Crippen LogP contribution is -2.28. The van der Waals surface area contributed by atoms with Crippen LogP contribution in [0.5, 0.6) is 0 Å². The molecule has 1 aliphatic rings. The number of hydrogen-bond donors (Lipinski definition) is 0. The molecule has 0 aromatic carbocycles. The largest absolute Gasteiger partial charge is 0.299 e. The Labute approximate surface area is 97.8 Å². The Hall–Kier alpha value is -1.10. The predicted molar refractivity (Wildman–Crippen MR) is 63.9 cm³/mol. The Morgan fingerprint density at radius 2 is 1.69 bits per heavy atom. The average molecular weight is 220 g/mol. The lowest BCUT2D eigenvalue weighted by Gasteiger charge is -2.18. The van der Waals surface area contributed by atoms with Crippen LogP contribution in [0.4, 0.5) is 0 Å². The van der Waals surface area contributed by atoms with Crippen molar-refractivity contribution in [3.05, 3.63) is 0 Å². The van der Waals surface area contributed by atoms with Crippen molar-refractivity contribution in [3.63, 3.8) is 0 Å². The Bertz CT molecular complexity index is 314. The summed E-state index contributed by atoms with van der Waals surface area (Å²) in [6.45, 7) is 3.91. The number of rotatable bonds is 4. The van der Waals surface area contributed by atoms with Gasteiger partial charge in [0.05, 0.1) is 5.41 Å². The van der Waals surface area contributed by atoms with E-state index >= 15 is 0 Å². The number of unbranched alkanes of at least 4 members (excludes halogenated alkanes) is 2. The van der Waals surface area contributed by atoms with Gasteiger partial charge in [0.1, 0.15) is 11.6 Å². The third kappa shape index (κ3) is 2.95. The standard InChI is InChI=1S/C14H20O2/c1-3-4-5-6-7-8-11-14(2)12(15)9-10-13(14)16/h3-5,8-11H2,1-2H3. The van der Waals surface area contributed by atoms with E-state index in [9.17, 15) is 9.59 Å². The van der Waals surface area contributed by atoms with Gasteiger partial charge in [-0.05, 0) is 19.8 Å². The van der Waals surface area contributed by atoms with Crippen LogP contribution in [-0.4, -0.2) is 11.6 Å². The summed E-state index contributed by atoms with van der Waals surface area (Å²) in [5, 5.41) is 0. The molecule has 1 aliphatic carbocycles. The molecule has 88 valence electrons. The van der Waals surface area contributed by atoms with E-state index in [1.807, 2.05) is 0 Å². The molecule has 16 heavy (non-hydrogen) atoms. The second kappa shape index (κ2) is 5.84. The molecule has 1 rings (SSSR count). The van der Waals surface area contributed by atoms with Crippen LogP contribution in [0.3, 0.4) is 0 Å². The quantitative estimate of drug-likeness (QED) is 0.415. The highest BCUT2D eigenvalue weighted by molar-refractivity contribution is 6.12. The Balaban J connectivity index is 2.38. The maximum atomic E-state index is 11.6. The van der Waals surface area contributed by atoms with Gasteiger partial charge in [-0.2, -0.15) is 0 Å². The van der Waals surface area contributed by atoms with Crippen molar-refractivity contribution in [3.8, 4) is 11.8 Å². The summed E-state index contributed by atoms with van der Waals surface area (Å²) in [6, 6.07) is 0. The molecule has 0 N–H and O–H groups in total. The molecule has 0 aromatic rings. The van der Waals surface area contributed by atoms with Gasteiger partial charge >= 0.3 is 0 Å². The Kier molecular flexibility index (Phi) is 4.73. The molecule has 2 heteroatoms. The molecule has 0 saturated heterocycles. The van der Waals surface area contributed by atoms with E-state index in [-0.39, 0.29) is 11.6 Å². The van der Waals surface area contributed by atoms with E-state index in [1.165, 1.54) is 0 Å². The summed E-state index contributed by atoms with van der Waals surface area (Å²) < 4.78 is 0. The lowest BCUT2D eigenvalue weighted by molar-refractivity contribution is -0.134.